The van der Waals surface area contributed by atoms with Gasteiger partial charge >= 0.3 is 0 Å². The van der Waals surface area contributed by atoms with Crippen molar-refractivity contribution >= 4 is 0 Å². The predicted molar refractivity (Wildman–Crippen MR) is 66.4 cm³/mol. The average molecular weight is 233 g/mol. The second-order valence-electron chi connectivity index (χ2n) is 4.00. The van der Waals surface area contributed by atoms with Crippen LogP contribution in [0.15, 0.2) is 30.3 Å². The maximum absolute atomic E-state index is 13.8. The summed E-state index contributed by atoms with van der Waals surface area (Å²) < 4.78 is 21.0. The van der Waals surface area contributed by atoms with Gasteiger partial charge in [0, 0.05) is 23.1 Å². The fraction of sp³-hybridized carbons (Fsp3) is 0.286. The standard InChI is InChI=1S/C14H16FNO/c1-4-17-14-8-7-12(9-13(14)15)16-10(2)5-6-11(16)3/h5-9H,4H2,1-3H3. The van der Waals surface area contributed by atoms with Gasteiger partial charge in [-0.1, -0.05) is 0 Å². The Kier molecular flexibility index (Phi) is 3.18. The van der Waals surface area contributed by atoms with E-state index >= 15 is 0 Å². The topological polar surface area (TPSA) is 14.2 Å². The zero-order valence-corrected chi connectivity index (χ0v) is 10.3. The molecule has 0 bridgehead atoms. The van der Waals surface area contributed by atoms with E-state index in [1.54, 1.807) is 6.07 Å². The van der Waals surface area contributed by atoms with Crippen molar-refractivity contribution in [2.75, 3.05) is 6.61 Å². The first-order valence-electron chi connectivity index (χ1n) is 5.71. The van der Waals surface area contributed by atoms with Gasteiger partial charge in [-0.15, -0.1) is 0 Å². The monoisotopic (exact) mass is 233 g/mol. The molecule has 0 fully saturated rings. The fourth-order valence-electron chi connectivity index (χ4n) is 1.98. The molecule has 17 heavy (non-hydrogen) atoms. The van der Waals surface area contributed by atoms with Crippen molar-refractivity contribution in [2.24, 2.45) is 0 Å². The quantitative estimate of drug-likeness (QED) is 0.789. The molecule has 1 aromatic carbocycles. The summed E-state index contributed by atoms with van der Waals surface area (Å²) in [4.78, 5) is 0. The largest absolute Gasteiger partial charge is 0.491 e. The van der Waals surface area contributed by atoms with E-state index in [9.17, 15) is 4.39 Å². The summed E-state index contributed by atoms with van der Waals surface area (Å²) in [6.45, 7) is 6.31. The van der Waals surface area contributed by atoms with E-state index in [1.807, 2.05) is 43.5 Å². The minimum atomic E-state index is -0.322. The third kappa shape index (κ3) is 2.18. The SMILES string of the molecule is CCOc1ccc(-n2c(C)ccc2C)cc1F. The van der Waals surface area contributed by atoms with Crippen molar-refractivity contribution in [1.29, 1.82) is 0 Å². The van der Waals surface area contributed by atoms with Crippen LogP contribution in [0.5, 0.6) is 5.75 Å². The van der Waals surface area contributed by atoms with E-state index in [0.717, 1.165) is 17.1 Å². The van der Waals surface area contributed by atoms with E-state index in [2.05, 4.69) is 0 Å². The van der Waals surface area contributed by atoms with Crippen molar-refractivity contribution in [2.45, 2.75) is 20.8 Å². The molecule has 0 spiro atoms. The second kappa shape index (κ2) is 4.62. The van der Waals surface area contributed by atoms with Crippen molar-refractivity contribution in [3.05, 3.63) is 47.5 Å². The smallest absolute Gasteiger partial charge is 0.167 e. The number of benzene rings is 1. The molecular formula is C14H16FNO. The van der Waals surface area contributed by atoms with Crippen molar-refractivity contribution in [1.82, 2.24) is 4.57 Å². The minimum Gasteiger partial charge on any atom is -0.491 e. The Labute approximate surface area is 101 Å². The zero-order valence-electron chi connectivity index (χ0n) is 10.3. The average Bonchev–Trinajstić information content (AvgIpc) is 2.62. The molecule has 2 aromatic rings. The summed E-state index contributed by atoms with van der Waals surface area (Å²) >= 11 is 0. The number of aryl methyl sites for hydroxylation is 2. The van der Waals surface area contributed by atoms with E-state index in [0.29, 0.717) is 12.4 Å². The molecule has 2 rings (SSSR count). The van der Waals surface area contributed by atoms with Crippen LogP contribution in [0, 0.1) is 19.7 Å². The number of ether oxygens (including phenoxy) is 1. The molecule has 3 heteroatoms. The van der Waals surface area contributed by atoms with Crippen LogP contribution >= 0.6 is 0 Å². The van der Waals surface area contributed by atoms with Gasteiger partial charge in [0.1, 0.15) is 0 Å². The lowest BCUT2D eigenvalue weighted by Crippen LogP contribution is -2.01. The molecule has 0 amide bonds. The van der Waals surface area contributed by atoms with Crippen molar-refractivity contribution < 1.29 is 9.13 Å². The lowest BCUT2D eigenvalue weighted by Gasteiger charge is -2.11. The highest BCUT2D eigenvalue weighted by Crippen LogP contribution is 2.23. The summed E-state index contributed by atoms with van der Waals surface area (Å²) in [5.41, 5.74) is 3.00. The van der Waals surface area contributed by atoms with Crippen LogP contribution in [-0.4, -0.2) is 11.2 Å². The first-order chi connectivity index (χ1) is 8.13. The van der Waals surface area contributed by atoms with Crippen molar-refractivity contribution in [3.8, 4) is 11.4 Å². The third-order valence-electron chi connectivity index (χ3n) is 2.74. The third-order valence-corrected chi connectivity index (χ3v) is 2.74. The Morgan fingerprint density at radius 1 is 1.12 bits per heavy atom. The Balaban J connectivity index is 2.45. The number of nitrogens with zero attached hydrogens (tertiary/aromatic N) is 1. The summed E-state index contributed by atoms with van der Waals surface area (Å²) in [6.07, 6.45) is 0. The number of hydrogen-bond acceptors (Lipinski definition) is 1. The first-order valence-corrected chi connectivity index (χ1v) is 5.71. The van der Waals surface area contributed by atoms with Crippen LogP contribution < -0.4 is 4.74 Å². The number of halogens is 1. The highest BCUT2D eigenvalue weighted by atomic mass is 19.1. The predicted octanol–water partition coefficient (Wildman–Crippen LogP) is 3.63. The van der Waals surface area contributed by atoms with Crippen LogP contribution in [0.4, 0.5) is 4.39 Å². The molecule has 1 heterocycles. The van der Waals surface area contributed by atoms with Crippen LogP contribution in [0.25, 0.3) is 5.69 Å². The lowest BCUT2D eigenvalue weighted by molar-refractivity contribution is 0.321. The van der Waals surface area contributed by atoms with Gasteiger partial charge in [0.05, 0.1) is 6.61 Å². The number of aromatic nitrogens is 1. The molecule has 0 saturated heterocycles. The van der Waals surface area contributed by atoms with Gasteiger partial charge in [0.15, 0.2) is 11.6 Å². The Morgan fingerprint density at radius 2 is 1.76 bits per heavy atom. The molecule has 0 aliphatic rings. The summed E-state index contributed by atoms with van der Waals surface area (Å²) in [5, 5.41) is 0. The number of hydrogen-bond donors (Lipinski definition) is 0. The summed E-state index contributed by atoms with van der Waals surface area (Å²) in [5.74, 6) is -0.0180. The Bertz CT molecular complexity index is 512. The van der Waals surface area contributed by atoms with E-state index < -0.39 is 0 Å². The van der Waals surface area contributed by atoms with Crippen LogP contribution in [0.2, 0.25) is 0 Å². The second-order valence-corrected chi connectivity index (χ2v) is 4.00. The van der Waals surface area contributed by atoms with Gasteiger partial charge < -0.3 is 9.30 Å². The highest BCUT2D eigenvalue weighted by molar-refractivity contribution is 5.42. The molecule has 1 aromatic heterocycles. The fourth-order valence-corrected chi connectivity index (χ4v) is 1.98. The maximum Gasteiger partial charge on any atom is 0.167 e. The zero-order chi connectivity index (χ0) is 12.4. The van der Waals surface area contributed by atoms with E-state index in [4.69, 9.17) is 4.74 Å². The van der Waals surface area contributed by atoms with Gasteiger partial charge in [-0.2, -0.15) is 0 Å². The maximum atomic E-state index is 13.8. The normalized spacial score (nSPS) is 10.6. The van der Waals surface area contributed by atoms with Gasteiger partial charge in [-0.25, -0.2) is 4.39 Å². The summed E-state index contributed by atoms with van der Waals surface area (Å²) in [7, 11) is 0. The molecule has 0 N–H and O–H groups in total. The molecule has 0 radical (unpaired) electrons. The van der Waals surface area contributed by atoms with Crippen molar-refractivity contribution in [3.63, 3.8) is 0 Å². The van der Waals surface area contributed by atoms with Gasteiger partial charge in [0.2, 0.25) is 0 Å². The number of rotatable bonds is 3. The lowest BCUT2D eigenvalue weighted by atomic mass is 10.2. The van der Waals surface area contributed by atoms with Gasteiger partial charge in [0.25, 0.3) is 0 Å². The Morgan fingerprint density at radius 3 is 2.29 bits per heavy atom. The molecule has 0 aliphatic carbocycles. The molecule has 0 aliphatic heterocycles. The molecule has 2 nitrogen and oxygen atoms in total. The van der Waals surface area contributed by atoms with E-state index in [1.165, 1.54) is 6.07 Å². The van der Waals surface area contributed by atoms with Gasteiger partial charge in [-0.3, -0.25) is 0 Å². The highest BCUT2D eigenvalue weighted by Gasteiger charge is 2.08. The summed E-state index contributed by atoms with van der Waals surface area (Å²) in [6, 6.07) is 9.08. The van der Waals surface area contributed by atoms with Crippen LogP contribution in [0.3, 0.4) is 0 Å². The molecule has 0 atom stereocenters. The Hall–Kier alpha value is -1.77. The molecule has 0 unspecified atom stereocenters. The minimum absolute atomic E-state index is 0.304. The molecular weight excluding hydrogens is 217 g/mol. The van der Waals surface area contributed by atoms with Crippen LogP contribution in [0.1, 0.15) is 18.3 Å². The van der Waals surface area contributed by atoms with Gasteiger partial charge in [-0.05, 0) is 45.0 Å². The first kappa shape index (κ1) is 11.7. The molecule has 0 saturated carbocycles. The molecule has 90 valence electrons. The van der Waals surface area contributed by atoms with Crippen LogP contribution in [-0.2, 0) is 0 Å². The van der Waals surface area contributed by atoms with E-state index in [-0.39, 0.29) is 5.82 Å².